The quantitative estimate of drug-likeness (QED) is 0.381. The highest BCUT2D eigenvalue weighted by Gasteiger charge is 2.46. The van der Waals surface area contributed by atoms with Crippen LogP contribution in [0.2, 0.25) is 0 Å². The number of amides is 1. The van der Waals surface area contributed by atoms with Crippen molar-refractivity contribution in [2.24, 2.45) is 0 Å². The SMILES string of the molecule is CC(C)Oc1ccc([C@@H]2/C(=C(\O)c3ccc(F)cc3)C(=O)C(=O)N2CCN2CCOCC2)cc1. The molecule has 2 aromatic carbocycles. The molecule has 34 heavy (non-hydrogen) atoms. The Morgan fingerprint density at radius 3 is 2.32 bits per heavy atom. The van der Waals surface area contributed by atoms with Crippen LogP contribution in [-0.4, -0.2) is 72.1 Å². The summed E-state index contributed by atoms with van der Waals surface area (Å²) in [6.07, 6.45) is 0.00323. The van der Waals surface area contributed by atoms with Crippen molar-refractivity contribution in [1.82, 2.24) is 9.80 Å². The summed E-state index contributed by atoms with van der Waals surface area (Å²) < 4.78 is 24.5. The number of carbonyl (C=O) groups is 2. The summed E-state index contributed by atoms with van der Waals surface area (Å²) in [5.41, 5.74) is 0.953. The van der Waals surface area contributed by atoms with Gasteiger partial charge in [-0.2, -0.15) is 0 Å². The highest BCUT2D eigenvalue weighted by molar-refractivity contribution is 6.46. The number of ether oxygens (including phenoxy) is 2. The number of nitrogens with zero attached hydrogens (tertiary/aromatic N) is 2. The van der Waals surface area contributed by atoms with E-state index < -0.39 is 23.5 Å². The second kappa shape index (κ2) is 10.4. The lowest BCUT2D eigenvalue weighted by molar-refractivity contribution is -0.140. The third kappa shape index (κ3) is 5.13. The molecule has 0 aliphatic carbocycles. The van der Waals surface area contributed by atoms with Gasteiger partial charge in [0.15, 0.2) is 0 Å². The smallest absolute Gasteiger partial charge is 0.295 e. The minimum atomic E-state index is -0.765. The van der Waals surface area contributed by atoms with Gasteiger partial charge in [-0.15, -0.1) is 0 Å². The van der Waals surface area contributed by atoms with Gasteiger partial charge in [-0.25, -0.2) is 4.39 Å². The first-order valence-corrected chi connectivity index (χ1v) is 11.5. The molecule has 0 bridgehead atoms. The van der Waals surface area contributed by atoms with Gasteiger partial charge in [-0.05, 0) is 55.8 Å². The van der Waals surface area contributed by atoms with E-state index in [-0.39, 0.29) is 23.0 Å². The van der Waals surface area contributed by atoms with Crippen LogP contribution in [0.25, 0.3) is 5.76 Å². The number of hydrogen-bond donors (Lipinski definition) is 1. The first-order valence-electron chi connectivity index (χ1n) is 11.5. The Hall–Kier alpha value is -3.23. The number of rotatable bonds is 7. The summed E-state index contributed by atoms with van der Waals surface area (Å²) in [4.78, 5) is 29.9. The van der Waals surface area contributed by atoms with Crippen LogP contribution in [0.15, 0.2) is 54.1 Å². The van der Waals surface area contributed by atoms with Crippen molar-refractivity contribution in [2.75, 3.05) is 39.4 Å². The molecule has 2 heterocycles. The Bertz CT molecular complexity index is 1060. The molecule has 2 aromatic rings. The highest BCUT2D eigenvalue weighted by Crippen LogP contribution is 2.39. The lowest BCUT2D eigenvalue weighted by atomic mass is 9.95. The molecule has 2 saturated heterocycles. The van der Waals surface area contributed by atoms with Crippen molar-refractivity contribution < 1.29 is 28.6 Å². The average Bonchev–Trinajstić information content (AvgIpc) is 3.08. The molecule has 2 fully saturated rings. The molecule has 0 unspecified atom stereocenters. The van der Waals surface area contributed by atoms with Crippen LogP contribution in [0, 0.1) is 5.82 Å². The summed E-state index contributed by atoms with van der Waals surface area (Å²) >= 11 is 0. The van der Waals surface area contributed by atoms with Crippen LogP contribution in [-0.2, 0) is 14.3 Å². The van der Waals surface area contributed by atoms with Crippen molar-refractivity contribution in [1.29, 1.82) is 0 Å². The summed E-state index contributed by atoms with van der Waals surface area (Å²) in [6.45, 7) is 7.52. The number of benzene rings is 2. The summed E-state index contributed by atoms with van der Waals surface area (Å²) in [5, 5.41) is 11.0. The molecular formula is C26H29FN2O5. The zero-order chi connectivity index (χ0) is 24.2. The van der Waals surface area contributed by atoms with E-state index in [2.05, 4.69) is 4.90 Å². The zero-order valence-corrected chi connectivity index (χ0v) is 19.4. The van der Waals surface area contributed by atoms with Crippen LogP contribution in [0.5, 0.6) is 5.75 Å². The van der Waals surface area contributed by atoms with Gasteiger partial charge in [0.1, 0.15) is 17.3 Å². The number of morpholine rings is 1. The average molecular weight is 469 g/mol. The predicted molar refractivity (Wildman–Crippen MR) is 125 cm³/mol. The van der Waals surface area contributed by atoms with Gasteiger partial charge in [0.2, 0.25) is 0 Å². The molecule has 180 valence electrons. The van der Waals surface area contributed by atoms with Crippen LogP contribution in [0.3, 0.4) is 0 Å². The number of halogens is 1. The number of likely N-dealkylation sites (tertiary alicyclic amines) is 1. The van der Waals surface area contributed by atoms with E-state index >= 15 is 0 Å². The lowest BCUT2D eigenvalue weighted by Gasteiger charge is -2.31. The molecule has 0 radical (unpaired) electrons. The standard InChI is InChI=1S/C26H29FN2O5/c1-17(2)34-21-9-5-18(6-10-21)23-22(24(30)19-3-7-20(27)8-4-19)25(31)26(32)29(23)12-11-28-13-15-33-16-14-28/h3-10,17,23,30H,11-16H2,1-2H3/b24-22+/t23-/m1/s1. The van der Waals surface area contributed by atoms with Gasteiger partial charge in [0.25, 0.3) is 11.7 Å². The van der Waals surface area contributed by atoms with E-state index in [4.69, 9.17) is 9.47 Å². The maximum atomic E-state index is 13.4. The molecule has 0 saturated carbocycles. The van der Waals surface area contributed by atoms with Gasteiger partial charge < -0.3 is 19.5 Å². The topological polar surface area (TPSA) is 79.3 Å². The first kappa shape index (κ1) is 23.9. The number of aliphatic hydroxyl groups is 1. The lowest BCUT2D eigenvalue weighted by Crippen LogP contribution is -2.42. The third-order valence-corrected chi connectivity index (χ3v) is 5.99. The van der Waals surface area contributed by atoms with Gasteiger partial charge in [0.05, 0.1) is 30.9 Å². The Morgan fingerprint density at radius 2 is 1.71 bits per heavy atom. The fraction of sp³-hybridized carbons (Fsp3) is 0.385. The first-order chi connectivity index (χ1) is 16.3. The molecular weight excluding hydrogens is 439 g/mol. The Kier molecular flexibility index (Phi) is 7.29. The van der Waals surface area contributed by atoms with Crippen molar-refractivity contribution in [3.63, 3.8) is 0 Å². The molecule has 7 nitrogen and oxygen atoms in total. The summed E-state index contributed by atoms with van der Waals surface area (Å²) in [5.74, 6) is -1.53. The normalized spacial score (nSPS) is 20.8. The molecule has 2 aliphatic rings. The second-order valence-electron chi connectivity index (χ2n) is 8.69. The van der Waals surface area contributed by atoms with E-state index in [1.165, 1.54) is 29.2 Å². The van der Waals surface area contributed by atoms with Crippen LogP contribution in [0.4, 0.5) is 4.39 Å². The van der Waals surface area contributed by atoms with Crippen molar-refractivity contribution in [3.05, 3.63) is 71.0 Å². The summed E-state index contributed by atoms with van der Waals surface area (Å²) in [7, 11) is 0. The number of Topliss-reactive ketones (excluding diaryl/α,β-unsaturated/α-hetero) is 1. The van der Waals surface area contributed by atoms with Crippen LogP contribution >= 0.6 is 0 Å². The maximum Gasteiger partial charge on any atom is 0.295 e. The van der Waals surface area contributed by atoms with Crippen molar-refractivity contribution in [3.8, 4) is 5.75 Å². The van der Waals surface area contributed by atoms with Gasteiger partial charge >= 0.3 is 0 Å². The third-order valence-electron chi connectivity index (χ3n) is 5.99. The second-order valence-corrected chi connectivity index (χ2v) is 8.69. The molecule has 8 heteroatoms. The van der Waals surface area contributed by atoms with E-state index in [9.17, 15) is 19.1 Å². The highest BCUT2D eigenvalue weighted by atomic mass is 19.1. The van der Waals surface area contributed by atoms with Crippen molar-refractivity contribution >= 4 is 17.4 Å². The molecule has 4 rings (SSSR count). The monoisotopic (exact) mass is 468 g/mol. The van der Waals surface area contributed by atoms with Crippen LogP contribution < -0.4 is 4.74 Å². The fourth-order valence-electron chi connectivity index (χ4n) is 4.30. The van der Waals surface area contributed by atoms with E-state index in [0.717, 1.165) is 13.1 Å². The Labute approximate surface area is 198 Å². The number of carbonyl (C=O) groups excluding carboxylic acids is 2. The van der Waals surface area contributed by atoms with Gasteiger partial charge in [-0.1, -0.05) is 12.1 Å². The predicted octanol–water partition coefficient (Wildman–Crippen LogP) is 3.37. The molecule has 0 aromatic heterocycles. The minimum absolute atomic E-state index is 0.00323. The fourth-order valence-corrected chi connectivity index (χ4v) is 4.30. The molecule has 0 spiro atoms. The molecule has 1 N–H and O–H groups in total. The number of hydrogen-bond acceptors (Lipinski definition) is 6. The largest absolute Gasteiger partial charge is 0.507 e. The van der Waals surface area contributed by atoms with E-state index in [0.29, 0.717) is 37.6 Å². The van der Waals surface area contributed by atoms with Gasteiger partial charge in [0, 0.05) is 31.7 Å². The Morgan fingerprint density at radius 1 is 1.06 bits per heavy atom. The summed E-state index contributed by atoms with van der Waals surface area (Å²) in [6, 6.07) is 11.6. The van der Waals surface area contributed by atoms with Gasteiger partial charge in [-0.3, -0.25) is 14.5 Å². The Balaban J connectivity index is 1.71. The van der Waals surface area contributed by atoms with E-state index in [1.54, 1.807) is 24.3 Å². The minimum Gasteiger partial charge on any atom is -0.507 e. The van der Waals surface area contributed by atoms with E-state index in [1.807, 2.05) is 13.8 Å². The molecule has 1 atom stereocenters. The molecule has 1 amide bonds. The van der Waals surface area contributed by atoms with Crippen molar-refractivity contribution in [2.45, 2.75) is 26.0 Å². The number of aliphatic hydroxyl groups excluding tert-OH is 1. The number of ketones is 1. The zero-order valence-electron chi connectivity index (χ0n) is 19.4. The molecule has 2 aliphatic heterocycles. The van der Waals surface area contributed by atoms with Crippen LogP contribution in [0.1, 0.15) is 31.0 Å². The maximum absolute atomic E-state index is 13.4.